The van der Waals surface area contributed by atoms with Gasteiger partial charge in [0, 0.05) is 29.2 Å². The average Bonchev–Trinajstić information content (AvgIpc) is 2.20. The average molecular weight is 211 g/mol. The number of thioether (sulfide) groups is 1. The van der Waals surface area contributed by atoms with E-state index in [1.165, 1.54) is 6.07 Å². The molecule has 1 aliphatic rings. The lowest BCUT2D eigenvalue weighted by atomic mass is 10.1. The zero-order valence-electron chi connectivity index (χ0n) is 8.16. The first-order valence-corrected chi connectivity index (χ1v) is 5.91. The van der Waals surface area contributed by atoms with Gasteiger partial charge in [0.15, 0.2) is 0 Å². The van der Waals surface area contributed by atoms with Crippen LogP contribution in [-0.2, 0) is 0 Å². The molecule has 1 saturated heterocycles. The third-order valence-corrected chi connectivity index (χ3v) is 3.74. The van der Waals surface area contributed by atoms with E-state index in [-0.39, 0.29) is 11.9 Å². The third-order valence-electron chi connectivity index (χ3n) is 2.48. The quantitative estimate of drug-likeness (QED) is 0.766. The maximum atomic E-state index is 13.4. The normalized spacial score (nSPS) is 27.6. The zero-order chi connectivity index (χ0) is 9.97. The second-order valence-corrected chi connectivity index (χ2v) is 5.10. The molecule has 1 aromatic carbocycles. The highest BCUT2D eigenvalue weighted by atomic mass is 32.2. The van der Waals surface area contributed by atoms with Gasteiger partial charge >= 0.3 is 0 Å². The van der Waals surface area contributed by atoms with E-state index in [0.717, 1.165) is 17.9 Å². The molecule has 3 heteroatoms. The van der Waals surface area contributed by atoms with E-state index in [0.29, 0.717) is 5.25 Å². The summed E-state index contributed by atoms with van der Waals surface area (Å²) >= 11 is 1.90. The maximum Gasteiger partial charge on any atom is 0.128 e. The summed E-state index contributed by atoms with van der Waals surface area (Å²) in [6.07, 6.45) is 0. The van der Waals surface area contributed by atoms with Crippen molar-refractivity contribution in [1.29, 1.82) is 0 Å². The smallest absolute Gasteiger partial charge is 0.128 e. The Morgan fingerprint density at radius 2 is 2.21 bits per heavy atom. The molecule has 14 heavy (non-hydrogen) atoms. The van der Waals surface area contributed by atoms with Crippen LogP contribution in [-0.4, -0.2) is 17.5 Å². The molecule has 1 heterocycles. The molecule has 0 aliphatic carbocycles. The topological polar surface area (TPSA) is 12.0 Å². The fourth-order valence-corrected chi connectivity index (χ4v) is 2.68. The predicted octanol–water partition coefficient (Wildman–Crippen LogP) is 2.59. The molecule has 1 fully saturated rings. The van der Waals surface area contributed by atoms with E-state index in [9.17, 15) is 4.39 Å². The Labute approximate surface area is 88.1 Å². The summed E-state index contributed by atoms with van der Waals surface area (Å²) in [6, 6.07) is 7.20. The van der Waals surface area contributed by atoms with Crippen LogP contribution in [0.2, 0.25) is 0 Å². The predicted molar refractivity (Wildman–Crippen MR) is 59.1 cm³/mol. The molecule has 1 aromatic rings. The number of benzene rings is 1. The van der Waals surface area contributed by atoms with Crippen LogP contribution in [0.5, 0.6) is 0 Å². The van der Waals surface area contributed by atoms with Crippen molar-refractivity contribution in [2.45, 2.75) is 18.2 Å². The number of hydrogen-bond donors (Lipinski definition) is 1. The van der Waals surface area contributed by atoms with Gasteiger partial charge in [-0.3, -0.25) is 0 Å². The monoisotopic (exact) mass is 211 g/mol. The van der Waals surface area contributed by atoms with Gasteiger partial charge in [0.05, 0.1) is 0 Å². The largest absolute Gasteiger partial charge is 0.308 e. The van der Waals surface area contributed by atoms with Crippen molar-refractivity contribution < 1.29 is 4.39 Å². The van der Waals surface area contributed by atoms with Gasteiger partial charge in [0.1, 0.15) is 5.82 Å². The molecule has 0 spiro atoms. The second kappa shape index (κ2) is 4.32. The van der Waals surface area contributed by atoms with Crippen LogP contribution >= 0.6 is 11.8 Å². The summed E-state index contributed by atoms with van der Waals surface area (Å²) in [5.74, 6) is 0.863. The first-order chi connectivity index (χ1) is 6.77. The minimum Gasteiger partial charge on any atom is -0.308 e. The van der Waals surface area contributed by atoms with E-state index in [1.54, 1.807) is 6.07 Å². The molecule has 0 amide bonds. The Bertz CT molecular complexity index is 308. The van der Waals surface area contributed by atoms with Crippen LogP contribution in [0.3, 0.4) is 0 Å². The van der Waals surface area contributed by atoms with Gasteiger partial charge in [-0.05, 0) is 6.07 Å². The fourth-order valence-electron chi connectivity index (χ4n) is 1.64. The van der Waals surface area contributed by atoms with Gasteiger partial charge in [-0.15, -0.1) is 0 Å². The van der Waals surface area contributed by atoms with Gasteiger partial charge in [0.25, 0.3) is 0 Å². The van der Waals surface area contributed by atoms with E-state index in [2.05, 4.69) is 12.2 Å². The maximum absolute atomic E-state index is 13.4. The molecule has 2 rings (SSSR count). The number of hydrogen-bond acceptors (Lipinski definition) is 2. The van der Waals surface area contributed by atoms with Crippen LogP contribution in [0.15, 0.2) is 24.3 Å². The molecule has 1 aliphatic heterocycles. The van der Waals surface area contributed by atoms with Crippen molar-refractivity contribution in [1.82, 2.24) is 5.32 Å². The van der Waals surface area contributed by atoms with Crippen molar-refractivity contribution in [3.05, 3.63) is 35.6 Å². The second-order valence-electron chi connectivity index (χ2n) is 3.63. The molecule has 1 N–H and O–H groups in total. The van der Waals surface area contributed by atoms with E-state index in [1.807, 2.05) is 23.9 Å². The molecule has 0 radical (unpaired) electrons. The summed E-state index contributed by atoms with van der Waals surface area (Å²) in [5, 5.41) is 4.00. The van der Waals surface area contributed by atoms with Crippen molar-refractivity contribution in [2.75, 3.05) is 12.3 Å². The SMILES string of the molecule is CC1CNC(c2ccccc2F)CS1. The van der Waals surface area contributed by atoms with Crippen molar-refractivity contribution >= 4 is 11.8 Å². The Morgan fingerprint density at radius 3 is 2.86 bits per heavy atom. The standard InChI is InChI=1S/C11H14FNS/c1-8-6-13-11(7-14-8)9-4-2-3-5-10(9)12/h2-5,8,11,13H,6-7H2,1H3. The molecular weight excluding hydrogens is 197 g/mol. The van der Waals surface area contributed by atoms with E-state index >= 15 is 0 Å². The number of nitrogens with one attached hydrogen (secondary N) is 1. The van der Waals surface area contributed by atoms with Gasteiger partial charge in [-0.2, -0.15) is 11.8 Å². The summed E-state index contributed by atoms with van der Waals surface area (Å²) in [5.41, 5.74) is 0.798. The van der Waals surface area contributed by atoms with Crippen molar-refractivity contribution in [3.8, 4) is 0 Å². The molecule has 0 aromatic heterocycles. The third kappa shape index (κ3) is 2.10. The van der Waals surface area contributed by atoms with Gasteiger partial charge in [0.2, 0.25) is 0 Å². The Kier molecular flexibility index (Phi) is 3.08. The highest BCUT2D eigenvalue weighted by Crippen LogP contribution is 2.27. The van der Waals surface area contributed by atoms with Crippen LogP contribution in [0, 0.1) is 5.82 Å². The van der Waals surface area contributed by atoms with Crippen molar-refractivity contribution in [3.63, 3.8) is 0 Å². The van der Waals surface area contributed by atoms with Crippen LogP contribution in [0.1, 0.15) is 18.5 Å². The highest BCUT2D eigenvalue weighted by molar-refractivity contribution is 8.00. The summed E-state index contributed by atoms with van der Waals surface area (Å²) in [4.78, 5) is 0. The summed E-state index contributed by atoms with van der Waals surface area (Å²) < 4.78 is 13.4. The molecule has 76 valence electrons. The van der Waals surface area contributed by atoms with Gasteiger partial charge in [-0.25, -0.2) is 4.39 Å². The van der Waals surface area contributed by atoms with E-state index in [4.69, 9.17) is 0 Å². The summed E-state index contributed by atoms with van der Waals surface area (Å²) in [6.45, 7) is 3.15. The van der Waals surface area contributed by atoms with Crippen LogP contribution < -0.4 is 5.32 Å². The van der Waals surface area contributed by atoms with Crippen LogP contribution in [0.4, 0.5) is 4.39 Å². The fraction of sp³-hybridized carbons (Fsp3) is 0.455. The summed E-state index contributed by atoms with van der Waals surface area (Å²) in [7, 11) is 0. The minimum atomic E-state index is -0.0971. The van der Waals surface area contributed by atoms with Gasteiger partial charge in [-0.1, -0.05) is 25.1 Å². The zero-order valence-corrected chi connectivity index (χ0v) is 8.98. The van der Waals surface area contributed by atoms with Crippen LogP contribution in [0.25, 0.3) is 0 Å². The lowest BCUT2D eigenvalue weighted by Crippen LogP contribution is -2.34. The highest BCUT2D eigenvalue weighted by Gasteiger charge is 2.21. The molecule has 0 saturated carbocycles. The molecular formula is C11H14FNS. The van der Waals surface area contributed by atoms with E-state index < -0.39 is 0 Å². The molecule has 0 bridgehead atoms. The molecule has 2 atom stereocenters. The first kappa shape index (κ1) is 9.99. The lowest BCUT2D eigenvalue weighted by Gasteiger charge is -2.27. The number of rotatable bonds is 1. The first-order valence-electron chi connectivity index (χ1n) is 4.87. The Hall–Kier alpha value is -0.540. The minimum absolute atomic E-state index is 0.0971. The Morgan fingerprint density at radius 1 is 1.43 bits per heavy atom. The van der Waals surface area contributed by atoms with Crippen molar-refractivity contribution in [2.24, 2.45) is 0 Å². The molecule has 2 unspecified atom stereocenters. The molecule has 1 nitrogen and oxygen atoms in total. The van der Waals surface area contributed by atoms with Gasteiger partial charge < -0.3 is 5.32 Å². The number of halogens is 1. The lowest BCUT2D eigenvalue weighted by molar-refractivity contribution is 0.523. The Balaban J connectivity index is 2.12.